The van der Waals surface area contributed by atoms with Crippen molar-refractivity contribution >= 4 is 12.0 Å². The SMILES string of the molecule is CN1C=C(n2cccc2)N=CC1. The molecule has 0 atom stereocenters. The third-order valence-electron chi connectivity index (χ3n) is 1.80. The van der Waals surface area contributed by atoms with E-state index in [9.17, 15) is 0 Å². The number of rotatable bonds is 1. The zero-order valence-corrected chi connectivity index (χ0v) is 7.01. The molecule has 62 valence electrons. The zero-order valence-electron chi connectivity index (χ0n) is 7.01. The highest BCUT2D eigenvalue weighted by molar-refractivity contribution is 5.69. The van der Waals surface area contributed by atoms with Crippen molar-refractivity contribution in [2.45, 2.75) is 0 Å². The normalized spacial score (nSPS) is 16.4. The summed E-state index contributed by atoms with van der Waals surface area (Å²) in [6, 6.07) is 3.98. The van der Waals surface area contributed by atoms with Crippen molar-refractivity contribution in [3.63, 3.8) is 0 Å². The highest BCUT2D eigenvalue weighted by Crippen LogP contribution is 2.09. The van der Waals surface area contributed by atoms with E-state index in [1.54, 1.807) is 0 Å². The van der Waals surface area contributed by atoms with E-state index in [1.807, 2.05) is 48.6 Å². The molecule has 0 amide bonds. The first-order valence-corrected chi connectivity index (χ1v) is 3.94. The number of hydrogen-bond donors (Lipinski definition) is 0. The fraction of sp³-hybridized carbons (Fsp3) is 0.222. The van der Waals surface area contributed by atoms with Crippen molar-refractivity contribution in [2.24, 2.45) is 4.99 Å². The van der Waals surface area contributed by atoms with Crippen LogP contribution in [0.3, 0.4) is 0 Å². The van der Waals surface area contributed by atoms with Crippen molar-refractivity contribution in [2.75, 3.05) is 13.6 Å². The molecule has 3 heteroatoms. The maximum absolute atomic E-state index is 4.28. The lowest BCUT2D eigenvalue weighted by atomic mass is 10.5. The Labute approximate surface area is 71.6 Å². The van der Waals surface area contributed by atoms with Crippen molar-refractivity contribution in [1.82, 2.24) is 9.47 Å². The minimum atomic E-state index is 0.894. The molecule has 1 aromatic heterocycles. The lowest BCUT2D eigenvalue weighted by molar-refractivity contribution is 0.521. The monoisotopic (exact) mass is 161 g/mol. The molecule has 0 saturated carbocycles. The van der Waals surface area contributed by atoms with Gasteiger partial charge < -0.3 is 9.47 Å². The quantitative estimate of drug-likeness (QED) is 0.607. The van der Waals surface area contributed by atoms with Crippen LogP contribution >= 0.6 is 0 Å². The first-order valence-electron chi connectivity index (χ1n) is 3.94. The Kier molecular flexibility index (Phi) is 1.70. The molecule has 12 heavy (non-hydrogen) atoms. The third-order valence-corrected chi connectivity index (χ3v) is 1.80. The third kappa shape index (κ3) is 1.25. The van der Waals surface area contributed by atoms with Crippen LogP contribution in [0.5, 0.6) is 0 Å². The van der Waals surface area contributed by atoms with E-state index in [0.29, 0.717) is 0 Å². The van der Waals surface area contributed by atoms with Gasteiger partial charge in [-0.2, -0.15) is 0 Å². The van der Waals surface area contributed by atoms with Crippen LogP contribution in [-0.2, 0) is 0 Å². The smallest absolute Gasteiger partial charge is 0.152 e. The van der Waals surface area contributed by atoms with Crippen molar-refractivity contribution in [3.8, 4) is 0 Å². The fourth-order valence-electron chi connectivity index (χ4n) is 1.17. The predicted octanol–water partition coefficient (Wildman–Crippen LogP) is 1.26. The Morgan fingerprint density at radius 1 is 1.33 bits per heavy atom. The van der Waals surface area contributed by atoms with Gasteiger partial charge in [-0.1, -0.05) is 0 Å². The summed E-state index contributed by atoms with van der Waals surface area (Å²) in [5, 5.41) is 0. The van der Waals surface area contributed by atoms with Gasteiger partial charge in [0.25, 0.3) is 0 Å². The van der Waals surface area contributed by atoms with E-state index >= 15 is 0 Å². The zero-order chi connectivity index (χ0) is 8.39. The van der Waals surface area contributed by atoms with Crippen LogP contribution in [0.25, 0.3) is 5.82 Å². The lowest BCUT2D eigenvalue weighted by Crippen LogP contribution is -2.18. The van der Waals surface area contributed by atoms with Gasteiger partial charge in [0.15, 0.2) is 5.82 Å². The summed E-state index contributed by atoms with van der Waals surface area (Å²) in [6.07, 6.45) is 7.92. The topological polar surface area (TPSA) is 20.5 Å². The minimum absolute atomic E-state index is 0.894. The van der Waals surface area contributed by atoms with Crippen LogP contribution in [0.1, 0.15) is 0 Å². The van der Waals surface area contributed by atoms with Crippen LogP contribution in [0.2, 0.25) is 0 Å². The maximum atomic E-state index is 4.28. The van der Waals surface area contributed by atoms with E-state index in [-0.39, 0.29) is 0 Å². The Morgan fingerprint density at radius 3 is 2.75 bits per heavy atom. The van der Waals surface area contributed by atoms with E-state index in [1.165, 1.54) is 0 Å². The summed E-state index contributed by atoms with van der Waals surface area (Å²) in [5.41, 5.74) is 0. The summed E-state index contributed by atoms with van der Waals surface area (Å²) in [4.78, 5) is 6.38. The van der Waals surface area contributed by atoms with Crippen molar-refractivity contribution in [3.05, 3.63) is 30.7 Å². The predicted molar refractivity (Wildman–Crippen MR) is 49.8 cm³/mol. The Bertz CT molecular complexity index is 309. The molecule has 2 heterocycles. The number of aromatic nitrogens is 1. The second-order valence-electron chi connectivity index (χ2n) is 2.83. The van der Waals surface area contributed by atoms with Gasteiger partial charge >= 0.3 is 0 Å². The molecule has 0 aromatic carbocycles. The molecule has 0 fully saturated rings. The van der Waals surface area contributed by atoms with Gasteiger partial charge in [0, 0.05) is 31.9 Å². The molecule has 3 nitrogen and oxygen atoms in total. The Hall–Kier alpha value is -1.51. The van der Waals surface area contributed by atoms with Gasteiger partial charge in [-0.15, -0.1) is 0 Å². The molecule has 0 N–H and O–H groups in total. The molecule has 0 radical (unpaired) electrons. The molecule has 1 aromatic rings. The van der Waals surface area contributed by atoms with Crippen LogP contribution in [-0.4, -0.2) is 29.3 Å². The van der Waals surface area contributed by atoms with Crippen LogP contribution in [0, 0.1) is 0 Å². The van der Waals surface area contributed by atoms with Gasteiger partial charge in [-0.05, 0) is 12.1 Å². The summed E-state index contributed by atoms with van der Waals surface area (Å²) < 4.78 is 1.99. The standard InChI is InChI=1S/C9H11N3/c1-11-7-4-10-9(8-11)12-5-2-3-6-12/h2-6,8H,7H2,1H3. The molecule has 2 rings (SSSR count). The van der Waals surface area contributed by atoms with Crippen LogP contribution in [0.4, 0.5) is 0 Å². The lowest BCUT2D eigenvalue weighted by Gasteiger charge is -2.17. The van der Waals surface area contributed by atoms with Crippen LogP contribution in [0.15, 0.2) is 35.7 Å². The van der Waals surface area contributed by atoms with Gasteiger partial charge in [0.1, 0.15) is 0 Å². The van der Waals surface area contributed by atoms with Gasteiger partial charge in [0.2, 0.25) is 0 Å². The maximum Gasteiger partial charge on any atom is 0.152 e. The van der Waals surface area contributed by atoms with E-state index in [2.05, 4.69) is 9.89 Å². The van der Waals surface area contributed by atoms with E-state index < -0.39 is 0 Å². The van der Waals surface area contributed by atoms with Gasteiger partial charge in [-0.3, -0.25) is 0 Å². The minimum Gasteiger partial charge on any atom is -0.372 e. The number of nitrogens with zero attached hydrogens (tertiary/aromatic N) is 3. The van der Waals surface area contributed by atoms with Gasteiger partial charge in [0.05, 0.1) is 6.54 Å². The highest BCUT2D eigenvalue weighted by Gasteiger charge is 2.02. The van der Waals surface area contributed by atoms with E-state index in [0.717, 1.165) is 12.4 Å². The number of aliphatic imine (C=N–C) groups is 1. The second-order valence-corrected chi connectivity index (χ2v) is 2.83. The van der Waals surface area contributed by atoms with Gasteiger partial charge in [-0.25, -0.2) is 4.99 Å². The Balaban J connectivity index is 2.30. The molecular weight excluding hydrogens is 150 g/mol. The summed E-state index contributed by atoms with van der Waals surface area (Å²) in [6.45, 7) is 0.894. The molecular formula is C9H11N3. The largest absolute Gasteiger partial charge is 0.372 e. The molecule has 0 aliphatic carbocycles. The molecule has 0 saturated heterocycles. The molecule has 1 aliphatic heterocycles. The average Bonchev–Trinajstić information content (AvgIpc) is 2.56. The average molecular weight is 161 g/mol. The first kappa shape index (κ1) is 7.16. The molecule has 0 unspecified atom stereocenters. The van der Waals surface area contributed by atoms with Crippen molar-refractivity contribution < 1.29 is 0 Å². The number of hydrogen-bond acceptors (Lipinski definition) is 2. The van der Waals surface area contributed by atoms with Crippen LogP contribution < -0.4 is 0 Å². The first-order chi connectivity index (χ1) is 5.86. The fourth-order valence-corrected chi connectivity index (χ4v) is 1.17. The molecule has 0 bridgehead atoms. The second kappa shape index (κ2) is 2.85. The molecule has 0 spiro atoms. The molecule has 1 aliphatic rings. The summed E-state index contributed by atoms with van der Waals surface area (Å²) in [7, 11) is 2.04. The summed E-state index contributed by atoms with van der Waals surface area (Å²) in [5.74, 6) is 0.966. The Morgan fingerprint density at radius 2 is 2.08 bits per heavy atom. The summed E-state index contributed by atoms with van der Waals surface area (Å²) >= 11 is 0. The van der Waals surface area contributed by atoms with E-state index in [4.69, 9.17) is 0 Å². The highest BCUT2D eigenvalue weighted by atomic mass is 15.2. The van der Waals surface area contributed by atoms with Crippen molar-refractivity contribution in [1.29, 1.82) is 0 Å².